The summed E-state index contributed by atoms with van der Waals surface area (Å²) in [5.74, 6) is 0.101. The first-order valence-electron chi connectivity index (χ1n) is 6.04. The van der Waals surface area contributed by atoms with Crippen LogP contribution in [0, 0.1) is 5.82 Å². The van der Waals surface area contributed by atoms with Gasteiger partial charge >= 0.3 is 0 Å². The molecular formula is C13H17FN2O2. The Balaban J connectivity index is 1.92. The fraction of sp³-hybridized carbons (Fsp3) is 0.462. The first-order valence-corrected chi connectivity index (χ1v) is 6.04. The minimum atomic E-state index is -0.310. The van der Waals surface area contributed by atoms with Crippen molar-refractivity contribution in [2.75, 3.05) is 13.7 Å². The van der Waals surface area contributed by atoms with Gasteiger partial charge in [0.2, 0.25) is 0 Å². The third-order valence-corrected chi connectivity index (χ3v) is 2.69. The second-order valence-electron chi connectivity index (χ2n) is 4.41. The molecule has 1 saturated carbocycles. The van der Waals surface area contributed by atoms with Gasteiger partial charge in [-0.15, -0.1) is 0 Å². The zero-order chi connectivity index (χ0) is 13.0. The largest absolute Gasteiger partial charge is 0.483 e. The molecule has 0 heterocycles. The van der Waals surface area contributed by atoms with Crippen molar-refractivity contribution in [3.63, 3.8) is 0 Å². The highest BCUT2D eigenvalue weighted by molar-refractivity contribution is 5.78. The Kier molecular flexibility index (Phi) is 4.15. The van der Waals surface area contributed by atoms with E-state index < -0.39 is 0 Å². The standard InChI is InChI=1S/C13H17FN2O2/c1-15-7-9-6-10(14)2-5-12(9)18-8-13(17)16-11-3-4-11/h2,5-6,11,15H,3-4,7-8H2,1H3,(H,16,17). The van der Waals surface area contributed by atoms with Gasteiger partial charge in [-0.3, -0.25) is 4.79 Å². The number of carbonyl (C=O) groups excluding carboxylic acids is 1. The van der Waals surface area contributed by atoms with E-state index in [1.807, 2.05) is 0 Å². The normalized spacial score (nSPS) is 14.3. The van der Waals surface area contributed by atoms with Crippen molar-refractivity contribution >= 4 is 5.91 Å². The Hall–Kier alpha value is -1.62. The van der Waals surface area contributed by atoms with Crippen molar-refractivity contribution in [2.45, 2.75) is 25.4 Å². The van der Waals surface area contributed by atoms with Crippen LogP contribution in [0.5, 0.6) is 5.75 Å². The molecule has 98 valence electrons. The molecule has 1 fully saturated rings. The molecule has 0 unspecified atom stereocenters. The molecule has 4 nitrogen and oxygen atoms in total. The van der Waals surface area contributed by atoms with E-state index in [1.54, 1.807) is 13.1 Å². The maximum atomic E-state index is 13.1. The van der Waals surface area contributed by atoms with E-state index in [4.69, 9.17) is 4.74 Å². The molecular weight excluding hydrogens is 235 g/mol. The van der Waals surface area contributed by atoms with Gasteiger partial charge in [0, 0.05) is 18.2 Å². The lowest BCUT2D eigenvalue weighted by molar-refractivity contribution is -0.123. The lowest BCUT2D eigenvalue weighted by Crippen LogP contribution is -2.30. The van der Waals surface area contributed by atoms with Crippen molar-refractivity contribution in [3.8, 4) is 5.75 Å². The Bertz CT molecular complexity index is 433. The molecule has 0 spiro atoms. The van der Waals surface area contributed by atoms with Crippen LogP contribution in [0.25, 0.3) is 0 Å². The van der Waals surface area contributed by atoms with Crippen LogP contribution in [0.4, 0.5) is 4.39 Å². The molecule has 0 aliphatic heterocycles. The van der Waals surface area contributed by atoms with E-state index >= 15 is 0 Å². The Morgan fingerprint density at radius 2 is 2.28 bits per heavy atom. The summed E-state index contributed by atoms with van der Waals surface area (Å²) in [6, 6.07) is 4.61. The Morgan fingerprint density at radius 1 is 1.50 bits per heavy atom. The minimum Gasteiger partial charge on any atom is -0.483 e. The van der Waals surface area contributed by atoms with Crippen LogP contribution in [-0.4, -0.2) is 25.6 Å². The van der Waals surface area contributed by atoms with Crippen molar-refractivity contribution in [1.29, 1.82) is 0 Å². The number of benzene rings is 1. The third kappa shape index (κ3) is 3.70. The lowest BCUT2D eigenvalue weighted by Gasteiger charge is -2.11. The summed E-state index contributed by atoms with van der Waals surface area (Å²) in [5.41, 5.74) is 0.705. The smallest absolute Gasteiger partial charge is 0.258 e. The first kappa shape index (κ1) is 12.8. The zero-order valence-corrected chi connectivity index (χ0v) is 10.3. The minimum absolute atomic E-state index is 0.0289. The lowest BCUT2D eigenvalue weighted by atomic mass is 10.2. The van der Waals surface area contributed by atoms with Crippen LogP contribution in [0.2, 0.25) is 0 Å². The first-order chi connectivity index (χ1) is 8.69. The van der Waals surface area contributed by atoms with Gasteiger partial charge in [0.05, 0.1) is 0 Å². The molecule has 2 N–H and O–H groups in total. The van der Waals surface area contributed by atoms with Crippen molar-refractivity contribution in [2.24, 2.45) is 0 Å². The van der Waals surface area contributed by atoms with E-state index in [0.717, 1.165) is 12.8 Å². The average molecular weight is 252 g/mol. The number of ether oxygens (including phenoxy) is 1. The van der Waals surface area contributed by atoms with Crippen LogP contribution >= 0.6 is 0 Å². The second-order valence-corrected chi connectivity index (χ2v) is 4.41. The highest BCUT2D eigenvalue weighted by Gasteiger charge is 2.23. The molecule has 1 aromatic rings. The number of rotatable bonds is 6. The molecule has 2 rings (SSSR count). The number of hydrogen-bond donors (Lipinski definition) is 2. The molecule has 0 bridgehead atoms. The summed E-state index contributed by atoms with van der Waals surface area (Å²) < 4.78 is 18.5. The summed E-state index contributed by atoms with van der Waals surface area (Å²) in [7, 11) is 1.77. The topological polar surface area (TPSA) is 50.4 Å². The van der Waals surface area contributed by atoms with Crippen molar-refractivity contribution in [3.05, 3.63) is 29.6 Å². The average Bonchev–Trinajstić information content (AvgIpc) is 3.12. The van der Waals surface area contributed by atoms with Gasteiger partial charge < -0.3 is 15.4 Å². The molecule has 1 amide bonds. The zero-order valence-electron chi connectivity index (χ0n) is 10.3. The summed E-state index contributed by atoms with van der Waals surface area (Å²) in [6.07, 6.45) is 2.10. The highest BCUT2D eigenvalue weighted by Crippen LogP contribution is 2.20. The van der Waals surface area contributed by atoms with Crippen LogP contribution in [0.15, 0.2) is 18.2 Å². The number of hydrogen-bond acceptors (Lipinski definition) is 3. The van der Waals surface area contributed by atoms with Gasteiger partial charge in [0.1, 0.15) is 11.6 Å². The number of nitrogens with one attached hydrogen (secondary N) is 2. The Morgan fingerprint density at radius 3 is 2.94 bits per heavy atom. The summed E-state index contributed by atoms with van der Waals surface area (Å²) in [6.45, 7) is 0.468. The molecule has 0 saturated heterocycles. The summed E-state index contributed by atoms with van der Waals surface area (Å²) in [5, 5.41) is 5.77. The summed E-state index contributed by atoms with van der Waals surface area (Å²) >= 11 is 0. The van der Waals surface area contributed by atoms with Gasteiger partial charge in [0.25, 0.3) is 5.91 Å². The fourth-order valence-corrected chi connectivity index (χ4v) is 1.66. The number of carbonyl (C=O) groups is 1. The second kappa shape index (κ2) is 5.82. The van der Waals surface area contributed by atoms with E-state index in [9.17, 15) is 9.18 Å². The third-order valence-electron chi connectivity index (χ3n) is 2.69. The SMILES string of the molecule is CNCc1cc(F)ccc1OCC(=O)NC1CC1. The van der Waals surface area contributed by atoms with Gasteiger partial charge in [-0.2, -0.15) is 0 Å². The quantitative estimate of drug-likeness (QED) is 0.800. The van der Waals surface area contributed by atoms with Crippen LogP contribution in [-0.2, 0) is 11.3 Å². The fourth-order valence-electron chi connectivity index (χ4n) is 1.66. The predicted molar refractivity (Wildman–Crippen MR) is 65.8 cm³/mol. The molecule has 1 aliphatic carbocycles. The van der Waals surface area contributed by atoms with Gasteiger partial charge in [-0.1, -0.05) is 0 Å². The van der Waals surface area contributed by atoms with E-state index in [2.05, 4.69) is 10.6 Å². The number of amides is 1. The monoisotopic (exact) mass is 252 g/mol. The van der Waals surface area contributed by atoms with Gasteiger partial charge in [-0.25, -0.2) is 4.39 Å². The maximum Gasteiger partial charge on any atom is 0.258 e. The molecule has 0 atom stereocenters. The van der Waals surface area contributed by atoms with Crippen molar-refractivity contribution in [1.82, 2.24) is 10.6 Å². The van der Waals surface area contributed by atoms with E-state index in [0.29, 0.717) is 23.9 Å². The molecule has 0 aromatic heterocycles. The molecule has 18 heavy (non-hydrogen) atoms. The van der Waals surface area contributed by atoms with Gasteiger partial charge in [0.15, 0.2) is 6.61 Å². The highest BCUT2D eigenvalue weighted by atomic mass is 19.1. The molecule has 5 heteroatoms. The predicted octanol–water partition coefficient (Wildman–Crippen LogP) is 1.20. The number of halogens is 1. The Labute approximate surface area is 106 Å². The van der Waals surface area contributed by atoms with Crippen molar-refractivity contribution < 1.29 is 13.9 Å². The molecule has 0 radical (unpaired) electrons. The molecule has 1 aliphatic rings. The van der Waals surface area contributed by atoms with Crippen LogP contribution in [0.3, 0.4) is 0 Å². The van der Waals surface area contributed by atoms with Crippen LogP contribution in [0.1, 0.15) is 18.4 Å². The summed E-state index contributed by atoms with van der Waals surface area (Å²) in [4.78, 5) is 11.5. The van der Waals surface area contributed by atoms with Crippen LogP contribution < -0.4 is 15.4 Å². The maximum absolute atomic E-state index is 13.1. The van der Waals surface area contributed by atoms with E-state index in [1.165, 1.54) is 12.1 Å². The molecule has 1 aromatic carbocycles. The van der Waals surface area contributed by atoms with E-state index in [-0.39, 0.29) is 18.3 Å². The van der Waals surface area contributed by atoms with Gasteiger partial charge in [-0.05, 0) is 38.1 Å².